The molecule has 31 heavy (non-hydrogen) atoms. The van der Waals surface area contributed by atoms with Gasteiger partial charge in [-0.25, -0.2) is 12.8 Å². The Morgan fingerprint density at radius 1 is 0.903 bits per heavy atom. The van der Waals surface area contributed by atoms with E-state index in [4.69, 9.17) is 0 Å². The third-order valence-electron chi connectivity index (χ3n) is 4.27. The number of sulfonamides is 1. The highest BCUT2D eigenvalue weighted by Gasteiger charge is 2.30. The summed E-state index contributed by atoms with van der Waals surface area (Å²) in [7, 11) is -4.18. The molecule has 0 aliphatic carbocycles. The van der Waals surface area contributed by atoms with Gasteiger partial charge in [0, 0.05) is 16.9 Å². The summed E-state index contributed by atoms with van der Waals surface area (Å²) >= 11 is 0. The number of amides is 1. The van der Waals surface area contributed by atoms with E-state index in [1.54, 1.807) is 0 Å². The van der Waals surface area contributed by atoms with Crippen LogP contribution in [0.3, 0.4) is 0 Å². The van der Waals surface area contributed by atoms with Crippen molar-refractivity contribution in [3.05, 3.63) is 89.2 Å². The fraction of sp³-hybridized carbons (Fsp3) is 0.0952. The molecule has 0 aliphatic rings. The van der Waals surface area contributed by atoms with E-state index in [0.717, 1.165) is 24.3 Å². The van der Waals surface area contributed by atoms with E-state index in [0.29, 0.717) is 11.8 Å². The van der Waals surface area contributed by atoms with Crippen LogP contribution >= 0.6 is 0 Å². The zero-order valence-electron chi connectivity index (χ0n) is 16.0. The van der Waals surface area contributed by atoms with Gasteiger partial charge in [-0.05, 0) is 73.2 Å². The maximum Gasteiger partial charge on any atom is 0.416 e. The topological polar surface area (TPSA) is 75.3 Å². The minimum absolute atomic E-state index is 0.162. The van der Waals surface area contributed by atoms with Gasteiger partial charge in [-0.2, -0.15) is 13.2 Å². The second kappa shape index (κ2) is 8.38. The molecule has 3 aromatic carbocycles. The molecule has 0 saturated heterocycles. The van der Waals surface area contributed by atoms with E-state index < -0.39 is 33.5 Å². The van der Waals surface area contributed by atoms with E-state index in [2.05, 4.69) is 10.0 Å². The van der Waals surface area contributed by atoms with E-state index in [1.165, 1.54) is 43.3 Å². The summed E-state index contributed by atoms with van der Waals surface area (Å²) in [5, 5.41) is 2.57. The number of carbonyl (C=O) groups excluding carboxylic acids is 1. The molecule has 3 rings (SSSR count). The van der Waals surface area contributed by atoms with Crippen molar-refractivity contribution < 1.29 is 30.8 Å². The summed E-state index contributed by atoms with van der Waals surface area (Å²) in [4.78, 5) is 12.1. The summed E-state index contributed by atoms with van der Waals surface area (Å²) in [6.45, 7) is 1.48. The zero-order valence-corrected chi connectivity index (χ0v) is 16.8. The average Bonchev–Trinajstić information content (AvgIpc) is 2.67. The Hall–Kier alpha value is -3.40. The molecule has 162 valence electrons. The summed E-state index contributed by atoms with van der Waals surface area (Å²) in [5.41, 5.74) is -0.450. The van der Waals surface area contributed by atoms with Crippen molar-refractivity contribution in [2.75, 3.05) is 10.0 Å². The standard InChI is InChI=1S/C21H16F4N2O3S/c1-13-11-17(26-20(28)14-5-7-16(22)8-6-14)9-10-19(13)31(29,30)27-18-4-2-3-15(12-18)21(23,24)25/h2-12,27H,1H3,(H,26,28). The van der Waals surface area contributed by atoms with E-state index >= 15 is 0 Å². The van der Waals surface area contributed by atoms with Crippen LogP contribution in [0.25, 0.3) is 0 Å². The van der Waals surface area contributed by atoms with Gasteiger partial charge in [-0.1, -0.05) is 6.07 Å². The quantitative estimate of drug-likeness (QED) is 0.522. The molecule has 0 atom stereocenters. The second-order valence-corrected chi connectivity index (χ2v) is 8.28. The Bertz CT molecular complexity index is 1220. The number of alkyl halides is 3. The van der Waals surface area contributed by atoms with Crippen LogP contribution in [0, 0.1) is 12.7 Å². The number of aryl methyl sites for hydroxylation is 1. The molecule has 0 aliphatic heterocycles. The first-order chi connectivity index (χ1) is 14.5. The first-order valence-corrected chi connectivity index (χ1v) is 10.3. The Labute approximate surface area is 175 Å². The van der Waals surface area contributed by atoms with Crippen molar-refractivity contribution in [1.29, 1.82) is 0 Å². The lowest BCUT2D eigenvalue weighted by Crippen LogP contribution is -2.16. The number of nitrogens with one attached hydrogen (secondary N) is 2. The fourth-order valence-corrected chi connectivity index (χ4v) is 4.08. The van der Waals surface area contributed by atoms with Crippen molar-refractivity contribution in [1.82, 2.24) is 0 Å². The number of rotatable bonds is 5. The van der Waals surface area contributed by atoms with Gasteiger partial charge < -0.3 is 5.32 Å². The number of carbonyl (C=O) groups is 1. The van der Waals surface area contributed by atoms with Crippen molar-refractivity contribution in [3.8, 4) is 0 Å². The van der Waals surface area contributed by atoms with Crippen LogP contribution in [0.5, 0.6) is 0 Å². The average molecular weight is 452 g/mol. The second-order valence-electron chi connectivity index (χ2n) is 6.63. The van der Waals surface area contributed by atoms with Gasteiger partial charge in [0.2, 0.25) is 0 Å². The highest BCUT2D eigenvalue weighted by atomic mass is 32.2. The minimum Gasteiger partial charge on any atom is -0.322 e. The predicted molar refractivity (Wildman–Crippen MR) is 108 cm³/mol. The molecular formula is C21H16F4N2O3S. The fourth-order valence-electron chi connectivity index (χ4n) is 2.80. The number of hydrogen-bond acceptors (Lipinski definition) is 3. The highest BCUT2D eigenvalue weighted by Crippen LogP contribution is 2.31. The summed E-state index contributed by atoms with van der Waals surface area (Å²) < 4.78 is 79.0. The molecule has 0 unspecified atom stereocenters. The third-order valence-corrected chi connectivity index (χ3v) is 5.81. The lowest BCUT2D eigenvalue weighted by Gasteiger charge is -2.14. The SMILES string of the molecule is Cc1cc(NC(=O)c2ccc(F)cc2)ccc1S(=O)(=O)Nc1cccc(C(F)(F)F)c1. The van der Waals surface area contributed by atoms with Crippen LogP contribution in [0.1, 0.15) is 21.5 Å². The third kappa shape index (κ3) is 5.40. The molecular weight excluding hydrogens is 436 g/mol. The predicted octanol–water partition coefficient (Wildman–Crippen LogP) is 5.21. The molecule has 0 bridgehead atoms. The van der Waals surface area contributed by atoms with Gasteiger partial charge in [-0.15, -0.1) is 0 Å². The first kappa shape index (κ1) is 22.3. The van der Waals surface area contributed by atoms with Crippen molar-refractivity contribution in [2.45, 2.75) is 18.0 Å². The summed E-state index contributed by atoms with van der Waals surface area (Å²) in [5.74, 6) is -1.01. The zero-order chi connectivity index (χ0) is 22.8. The molecule has 0 heterocycles. The lowest BCUT2D eigenvalue weighted by atomic mass is 10.2. The maximum atomic E-state index is 13.0. The number of halogens is 4. The van der Waals surface area contributed by atoms with Crippen LogP contribution in [0.2, 0.25) is 0 Å². The number of benzene rings is 3. The normalized spacial score (nSPS) is 11.8. The molecule has 2 N–H and O–H groups in total. The van der Waals surface area contributed by atoms with Gasteiger partial charge >= 0.3 is 6.18 Å². The molecule has 1 amide bonds. The van der Waals surface area contributed by atoms with E-state index in [9.17, 15) is 30.8 Å². The molecule has 0 spiro atoms. The minimum atomic E-state index is -4.61. The molecule has 10 heteroatoms. The van der Waals surface area contributed by atoms with E-state index in [1.807, 2.05) is 0 Å². The van der Waals surface area contributed by atoms with Gasteiger partial charge in [-0.3, -0.25) is 9.52 Å². The van der Waals surface area contributed by atoms with Gasteiger partial charge in [0.15, 0.2) is 0 Å². The molecule has 0 radical (unpaired) electrons. The Morgan fingerprint density at radius 3 is 2.19 bits per heavy atom. The lowest BCUT2D eigenvalue weighted by molar-refractivity contribution is -0.137. The van der Waals surface area contributed by atoms with Crippen LogP contribution in [0.15, 0.2) is 71.6 Å². The Balaban J connectivity index is 1.80. The maximum absolute atomic E-state index is 13.0. The van der Waals surface area contributed by atoms with Crippen LogP contribution < -0.4 is 10.0 Å². The monoisotopic (exact) mass is 452 g/mol. The Kier molecular flexibility index (Phi) is 6.03. The van der Waals surface area contributed by atoms with Gasteiger partial charge in [0.25, 0.3) is 15.9 Å². The van der Waals surface area contributed by atoms with Crippen molar-refractivity contribution >= 4 is 27.3 Å². The summed E-state index contributed by atoms with van der Waals surface area (Å²) in [6.07, 6.45) is -4.61. The van der Waals surface area contributed by atoms with Crippen molar-refractivity contribution in [3.63, 3.8) is 0 Å². The van der Waals surface area contributed by atoms with Crippen LogP contribution in [-0.4, -0.2) is 14.3 Å². The molecule has 0 fully saturated rings. The number of hydrogen-bond donors (Lipinski definition) is 2. The smallest absolute Gasteiger partial charge is 0.322 e. The molecule has 5 nitrogen and oxygen atoms in total. The first-order valence-electron chi connectivity index (χ1n) is 8.83. The summed E-state index contributed by atoms with van der Waals surface area (Å²) in [6, 6.07) is 12.7. The van der Waals surface area contributed by atoms with Crippen LogP contribution in [-0.2, 0) is 16.2 Å². The molecule has 3 aromatic rings. The van der Waals surface area contributed by atoms with Gasteiger partial charge in [0.05, 0.1) is 10.5 Å². The van der Waals surface area contributed by atoms with Crippen molar-refractivity contribution in [2.24, 2.45) is 0 Å². The van der Waals surface area contributed by atoms with Crippen LogP contribution in [0.4, 0.5) is 28.9 Å². The van der Waals surface area contributed by atoms with Gasteiger partial charge in [0.1, 0.15) is 5.82 Å². The molecule has 0 aromatic heterocycles. The number of anilines is 2. The largest absolute Gasteiger partial charge is 0.416 e. The van der Waals surface area contributed by atoms with E-state index in [-0.39, 0.29) is 21.7 Å². The highest BCUT2D eigenvalue weighted by molar-refractivity contribution is 7.92. The molecule has 0 saturated carbocycles. The Morgan fingerprint density at radius 2 is 1.58 bits per heavy atom.